The second kappa shape index (κ2) is 7.79. The molecule has 1 aliphatic heterocycles. The maximum absolute atomic E-state index is 13.1. The molecule has 4 heteroatoms. The Kier molecular flexibility index (Phi) is 5.17. The van der Waals surface area contributed by atoms with E-state index in [4.69, 9.17) is 4.74 Å². The van der Waals surface area contributed by atoms with Crippen LogP contribution in [0.1, 0.15) is 60.2 Å². The first-order chi connectivity index (χ1) is 14.4. The van der Waals surface area contributed by atoms with Gasteiger partial charge in [-0.25, -0.2) is 0 Å². The smallest absolute Gasteiger partial charge is 0.225 e. The first-order valence-corrected chi connectivity index (χ1v) is 10.1. The lowest BCUT2D eigenvalue weighted by Gasteiger charge is -2.28. The van der Waals surface area contributed by atoms with Crippen molar-refractivity contribution in [1.82, 2.24) is 0 Å². The first-order valence-electron chi connectivity index (χ1n) is 10.1. The minimum atomic E-state index is -0.165. The molecule has 0 bridgehead atoms. The van der Waals surface area contributed by atoms with E-state index in [0.29, 0.717) is 11.3 Å². The fourth-order valence-corrected chi connectivity index (χ4v) is 4.01. The highest BCUT2D eigenvalue weighted by molar-refractivity contribution is 5.94. The minimum Gasteiger partial charge on any atom is -0.457 e. The zero-order valence-corrected chi connectivity index (χ0v) is 17.4. The van der Waals surface area contributed by atoms with Crippen LogP contribution in [0, 0.1) is 0 Å². The predicted molar refractivity (Wildman–Crippen MR) is 119 cm³/mol. The number of rotatable bonds is 4. The summed E-state index contributed by atoms with van der Waals surface area (Å²) in [5.74, 6) is 1.37. The fraction of sp³-hybridized carbons (Fsp3) is 0.231. The molecule has 0 aromatic heterocycles. The molecular formula is C26H25NO3. The van der Waals surface area contributed by atoms with Gasteiger partial charge in [-0.05, 0) is 29.2 Å². The number of ether oxygens (including phenoxy) is 1. The Hall–Kier alpha value is -3.40. The summed E-state index contributed by atoms with van der Waals surface area (Å²) in [6.45, 7) is 6.26. The van der Waals surface area contributed by atoms with E-state index < -0.39 is 0 Å². The van der Waals surface area contributed by atoms with Crippen LogP contribution in [0.15, 0.2) is 66.7 Å². The maximum atomic E-state index is 13.1. The Morgan fingerprint density at radius 2 is 1.57 bits per heavy atom. The quantitative estimate of drug-likeness (QED) is 0.542. The normalized spacial score (nSPS) is 13.0. The Morgan fingerprint density at radius 1 is 0.967 bits per heavy atom. The molecule has 0 spiro atoms. The molecule has 30 heavy (non-hydrogen) atoms. The van der Waals surface area contributed by atoms with Gasteiger partial charge in [0.05, 0.1) is 0 Å². The number of amides is 1. The lowest BCUT2D eigenvalue weighted by atomic mass is 9.84. The molecule has 0 unspecified atom stereocenters. The third-order valence-electron chi connectivity index (χ3n) is 5.46. The van der Waals surface area contributed by atoms with Gasteiger partial charge in [0.2, 0.25) is 5.91 Å². The van der Waals surface area contributed by atoms with Crippen molar-refractivity contribution in [2.24, 2.45) is 0 Å². The Labute approximate surface area is 176 Å². The highest BCUT2D eigenvalue weighted by atomic mass is 16.5. The van der Waals surface area contributed by atoms with Crippen molar-refractivity contribution in [1.29, 1.82) is 0 Å². The molecule has 0 saturated heterocycles. The van der Waals surface area contributed by atoms with Crippen molar-refractivity contribution >= 4 is 17.9 Å². The monoisotopic (exact) mass is 399 g/mol. The zero-order chi connectivity index (χ0) is 21.3. The van der Waals surface area contributed by atoms with E-state index in [9.17, 15) is 9.59 Å². The minimum absolute atomic E-state index is 0.0972. The number of fused-ring (bicyclic) bond motifs is 2. The summed E-state index contributed by atoms with van der Waals surface area (Å²) in [4.78, 5) is 24.4. The molecule has 1 aliphatic rings. The van der Waals surface area contributed by atoms with Crippen molar-refractivity contribution < 1.29 is 14.3 Å². The number of nitrogens with one attached hydrogen (secondary N) is 1. The second-order valence-corrected chi connectivity index (χ2v) is 8.66. The van der Waals surface area contributed by atoms with E-state index in [1.165, 1.54) is 0 Å². The van der Waals surface area contributed by atoms with Crippen LogP contribution in [0.2, 0.25) is 0 Å². The van der Waals surface area contributed by atoms with Gasteiger partial charge in [0.15, 0.2) is 0 Å². The Balaban J connectivity index is 1.65. The zero-order valence-electron chi connectivity index (χ0n) is 17.4. The summed E-state index contributed by atoms with van der Waals surface area (Å²) in [6, 6.07) is 21.1. The van der Waals surface area contributed by atoms with Crippen LogP contribution in [0.4, 0.5) is 5.69 Å². The molecule has 1 heterocycles. The Morgan fingerprint density at radius 3 is 2.13 bits per heavy atom. The standard InChI is InChI=1S/C26H25NO3/c1-26(2,3)21-13-12-17(16-28)14-22(21)27-25(29)15-20-18-8-4-6-10-23(18)30-24-11-7-5-9-19(20)24/h4-14,16,20H,15H2,1-3H3,(H,27,29). The van der Waals surface area contributed by atoms with Crippen LogP contribution in [-0.2, 0) is 10.2 Å². The molecular weight excluding hydrogens is 374 g/mol. The summed E-state index contributed by atoms with van der Waals surface area (Å²) >= 11 is 0. The number of hydrogen-bond donors (Lipinski definition) is 1. The lowest BCUT2D eigenvalue weighted by molar-refractivity contribution is -0.116. The fourth-order valence-electron chi connectivity index (χ4n) is 4.01. The molecule has 1 N–H and O–H groups in total. The van der Waals surface area contributed by atoms with Crippen molar-refractivity contribution in [3.63, 3.8) is 0 Å². The van der Waals surface area contributed by atoms with Crippen LogP contribution in [0.3, 0.4) is 0 Å². The van der Waals surface area contributed by atoms with E-state index in [1.54, 1.807) is 12.1 Å². The van der Waals surface area contributed by atoms with Gasteiger partial charge < -0.3 is 10.1 Å². The molecule has 0 fully saturated rings. The molecule has 3 aromatic rings. The first kappa shape index (κ1) is 19.9. The van der Waals surface area contributed by atoms with Gasteiger partial charge in [0.25, 0.3) is 0 Å². The van der Waals surface area contributed by atoms with Crippen LogP contribution >= 0.6 is 0 Å². The highest BCUT2D eigenvalue weighted by Gasteiger charge is 2.29. The van der Waals surface area contributed by atoms with Gasteiger partial charge in [-0.15, -0.1) is 0 Å². The molecule has 0 atom stereocenters. The summed E-state index contributed by atoms with van der Waals surface area (Å²) in [5, 5.41) is 3.06. The molecule has 152 valence electrons. The van der Waals surface area contributed by atoms with E-state index in [0.717, 1.165) is 34.5 Å². The molecule has 3 aromatic carbocycles. The molecule has 0 aliphatic carbocycles. The van der Waals surface area contributed by atoms with Crippen LogP contribution in [-0.4, -0.2) is 12.2 Å². The van der Waals surface area contributed by atoms with Gasteiger partial charge in [0.1, 0.15) is 17.8 Å². The van der Waals surface area contributed by atoms with Crippen LogP contribution < -0.4 is 10.1 Å². The van der Waals surface area contributed by atoms with Gasteiger partial charge in [-0.2, -0.15) is 0 Å². The van der Waals surface area contributed by atoms with E-state index in [2.05, 4.69) is 26.1 Å². The molecule has 4 nitrogen and oxygen atoms in total. The number of benzene rings is 3. The summed E-state index contributed by atoms with van der Waals surface area (Å²) < 4.78 is 6.03. The third-order valence-corrected chi connectivity index (χ3v) is 5.46. The summed E-state index contributed by atoms with van der Waals surface area (Å²) in [6.07, 6.45) is 1.08. The summed E-state index contributed by atoms with van der Waals surface area (Å²) in [7, 11) is 0. The summed E-state index contributed by atoms with van der Waals surface area (Å²) in [5.41, 5.74) is 4.06. The number of carbonyl (C=O) groups excluding carboxylic acids is 2. The van der Waals surface area contributed by atoms with Crippen LogP contribution in [0.5, 0.6) is 11.5 Å². The van der Waals surface area contributed by atoms with Gasteiger partial charge in [-0.3, -0.25) is 9.59 Å². The van der Waals surface area contributed by atoms with E-state index in [1.807, 2.05) is 54.6 Å². The second-order valence-electron chi connectivity index (χ2n) is 8.66. The molecule has 1 amide bonds. The molecule has 4 rings (SSSR count). The highest BCUT2D eigenvalue weighted by Crippen LogP contribution is 2.45. The van der Waals surface area contributed by atoms with Crippen molar-refractivity contribution in [2.45, 2.75) is 38.5 Å². The average molecular weight is 399 g/mol. The van der Waals surface area contributed by atoms with Crippen molar-refractivity contribution in [3.8, 4) is 11.5 Å². The van der Waals surface area contributed by atoms with Gasteiger partial charge in [-0.1, -0.05) is 69.3 Å². The number of hydrogen-bond acceptors (Lipinski definition) is 3. The van der Waals surface area contributed by atoms with Gasteiger partial charge >= 0.3 is 0 Å². The Bertz CT molecular complexity index is 1070. The number of aldehydes is 1. The molecule has 0 saturated carbocycles. The number of para-hydroxylation sites is 2. The van der Waals surface area contributed by atoms with E-state index in [-0.39, 0.29) is 23.7 Å². The number of carbonyl (C=O) groups is 2. The number of anilines is 1. The topological polar surface area (TPSA) is 55.4 Å². The van der Waals surface area contributed by atoms with Crippen molar-refractivity contribution in [3.05, 3.63) is 89.0 Å². The average Bonchev–Trinajstić information content (AvgIpc) is 2.72. The SMILES string of the molecule is CC(C)(C)c1ccc(C=O)cc1NC(=O)CC1c2ccccc2Oc2ccccc21. The lowest BCUT2D eigenvalue weighted by Crippen LogP contribution is -2.22. The predicted octanol–water partition coefficient (Wildman–Crippen LogP) is 6.06. The van der Waals surface area contributed by atoms with E-state index >= 15 is 0 Å². The maximum Gasteiger partial charge on any atom is 0.225 e. The van der Waals surface area contributed by atoms with Gasteiger partial charge in [0, 0.05) is 34.7 Å². The van der Waals surface area contributed by atoms with Crippen LogP contribution in [0.25, 0.3) is 0 Å². The largest absolute Gasteiger partial charge is 0.457 e. The molecule has 0 radical (unpaired) electrons. The van der Waals surface area contributed by atoms with Crippen molar-refractivity contribution in [2.75, 3.05) is 5.32 Å². The third kappa shape index (κ3) is 3.86.